The van der Waals surface area contributed by atoms with Crippen LogP contribution in [0.5, 0.6) is 0 Å². The molecule has 0 aromatic carbocycles. The van der Waals surface area contributed by atoms with E-state index in [4.69, 9.17) is 8.97 Å². The van der Waals surface area contributed by atoms with Crippen LogP contribution in [0.15, 0.2) is 21.6 Å². The van der Waals surface area contributed by atoms with Crippen LogP contribution in [0.4, 0.5) is 0 Å². The number of Topliss-reactive ketones (excluding diaryl/α,β-unsaturated/α-hetero) is 1. The van der Waals surface area contributed by atoms with Gasteiger partial charge in [-0.05, 0) is 18.6 Å². The van der Waals surface area contributed by atoms with Gasteiger partial charge in [0.25, 0.3) is 0 Å². The minimum atomic E-state index is -4.39. The fourth-order valence-corrected chi connectivity index (χ4v) is 3.82. The fourth-order valence-electron chi connectivity index (χ4n) is 3.39. The Bertz CT molecular complexity index is 633. The van der Waals surface area contributed by atoms with E-state index in [-0.39, 0.29) is 11.5 Å². The van der Waals surface area contributed by atoms with Crippen molar-refractivity contribution in [3.8, 4) is 0 Å². The van der Waals surface area contributed by atoms with Gasteiger partial charge in [0.2, 0.25) is 5.09 Å². The van der Waals surface area contributed by atoms with E-state index in [2.05, 4.69) is 6.92 Å². The normalized spacial score (nSPS) is 11.8. The SMILES string of the molecule is CCCCCCCCCCCCCCCCCC(=O)c1ccc(S(=O)(=O)O)o1. The molecule has 0 saturated carbocycles. The van der Waals surface area contributed by atoms with Crippen LogP contribution in [0.1, 0.15) is 120 Å². The predicted octanol–water partition coefficient (Wildman–Crippen LogP) is 6.97. The molecule has 0 saturated heterocycles. The summed E-state index contributed by atoms with van der Waals surface area (Å²) in [6, 6.07) is 2.41. The van der Waals surface area contributed by atoms with Crippen molar-refractivity contribution in [1.82, 2.24) is 0 Å². The molecule has 0 aliphatic heterocycles. The summed E-state index contributed by atoms with van der Waals surface area (Å²) >= 11 is 0. The Morgan fingerprint density at radius 1 is 0.786 bits per heavy atom. The molecule has 1 rings (SSSR count). The summed E-state index contributed by atoms with van der Waals surface area (Å²) in [5, 5.41) is -0.577. The third kappa shape index (κ3) is 11.6. The van der Waals surface area contributed by atoms with Crippen LogP contribution in [0.3, 0.4) is 0 Å². The van der Waals surface area contributed by atoms with Crippen LogP contribution < -0.4 is 0 Å². The van der Waals surface area contributed by atoms with Crippen molar-refractivity contribution in [2.45, 2.75) is 115 Å². The highest BCUT2D eigenvalue weighted by molar-refractivity contribution is 7.85. The Morgan fingerprint density at radius 2 is 1.21 bits per heavy atom. The van der Waals surface area contributed by atoms with E-state index < -0.39 is 15.2 Å². The number of unbranched alkanes of at least 4 members (excludes halogenated alkanes) is 14. The van der Waals surface area contributed by atoms with Gasteiger partial charge in [-0.1, -0.05) is 96.8 Å². The number of furan rings is 1. The molecular formula is C22H38O5S. The Hall–Kier alpha value is -1.14. The molecule has 0 radical (unpaired) electrons. The van der Waals surface area contributed by atoms with Crippen molar-refractivity contribution in [2.24, 2.45) is 0 Å². The molecule has 6 heteroatoms. The molecule has 28 heavy (non-hydrogen) atoms. The van der Waals surface area contributed by atoms with Crippen LogP contribution in [0.25, 0.3) is 0 Å². The maximum Gasteiger partial charge on any atom is 0.328 e. The fraction of sp³-hybridized carbons (Fsp3) is 0.773. The first-order chi connectivity index (χ1) is 13.4. The van der Waals surface area contributed by atoms with Crippen LogP contribution >= 0.6 is 0 Å². The molecule has 162 valence electrons. The summed E-state index contributed by atoms with van der Waals surface area (Å²) in [7, 11) is -4.39. The van der Waals surface area contributed by atoms with Gasteiger partial charge >= 0.3 is 10.1 Å². The smallest absolute Gasteiger partial charge is 0.328 e. The van der Waals surface area contributed by atoms with Crippen molar-refractivity contribution in [3.63, 3.8) is 0 Å². The van der Waals surface area contributed by atoms with Gasteiger partial charge < -0.3 is 4.42 Å². The Morgan fingerprint density at radius 3 is 1.61 bits per heavy atom. The van der Waals surface area contributed by atoms with Gasteiger partial charge in [0, 0.05) is 6.42 Å². The van der Waals surface area contributed by atoms with Crippen LogP contribution in [-0.4, -0.2) is 18.8 Å². The molecule has 1 heterocycles. The Kier molecular flexibility index (Phi) is 13.2. The molecule has 0 amide bonds. The second-order valence-electron chi connectivity index (χ2n) is 7.72. The summed E-state index contributed by atoms with van der Waals surface area (Å²) < 4.78 is 35.6. The van der Waals surface area contributed by atoms with E-state index in [1.54, 1.807) is 0 Å². The van der Waals surface area contributed by atoms with Crippen LogP contribution in [0.2, 0.25) is 0 Å². The lowest BCUT2D eigenvalue weighted by molar-refractivity contribution is 0.0946. The van der Waals surface area contributed by atoms with Crippen molar-refractivity contribution in [2.75, 3.05) is 0 Å². The molecule has 5 nitrogen and oxygen atoms in total. The average Bonchev–Trinajstić information content (AvgIpc) is 3.15. The van der Waals surface area contributed by atoms with Crippen molar-refractivity contribution in [1.29, 1.82) is 0 Å². The first-order valence-electron chi connectivity index (χ1n) is 11.1. The Balaban J connectivity index is 1.91. The van der Waals surface area contributed by atoms with Gasteiger partial charge in [0.1, 0.15) is 0 Å². The van der Waals surface area contributed by atoms with E-state index in [0.29, 0.717) is 6.42 Å². The molecule has 0 fully saturated rings. The maximum absolute atomic E-state index is 11.9. The number of carbonyl (C=O) groups is 1. The third-order valence-electron chi connectivity index (χ3n) is 5.12. The predicted molar refractivity (Wildman–Crippen MR) is 112 cm³/mol. The minimum Gasteiger partial charge on any atom is -0.439 e. The number of hydrogen-bond donors (Lipinski definition) is 1. The molecular weight excluding hydrogens is 376 g/mol. The quantitative estimate of drug-likeness (QED) is 0.159. The molecule has 0 atom stereocenters. The van der Waals surface area contributed by atoms with Crippen molar-refractivity contribution >= 4 is 15.9 Å². The van der Waals surface area contributed by atoms with E-state index in [9.17, 15) is 13.2 Å². The molecule has 0 unspecified atom stereocenters. The molecule has 1 aromatic heterocycles. The monoisotopic (exact) mass is 414 g/mol. The zero-order valence-electron chi connectivity index (χ0n) is 17.5. The third-order valence-corrected chi connectivity index (χ3v) is 5.85. The second kappa shape index (κ2) is 14.8. The Labute approximate surface area is 171 Å². The summed E-state index contributed by atoms with van der Waals surface area (Å²) in [5.41, 5.74) is 0. The van der Waals surface area contributed by atoms with Gasteiger partial charge in [0.05, 0.1) is 0 Å². The van der Waals surface area contributed by atoms with E-state index in [1.807, 2.05) is 0 Å². The molecule has 0 aliphatic carbocycles. The van der Waals surface area contributed by atoms with Gasteiger partial charge in [0.15, 0.2) is 11.5 Å². The van der Waals surface area contributed by atoms with Crippen molar-refractivity contribution < 1.29 is 22.2 Å². The van der Waals surface area contributed by atoms with E-state index in [0.717, 1.165) is 25.3 Å². The standard InChI is InChI=1S/C22H38O5S/c1-2-3-4-5-6-7-8-9-10-11-12-13-14-15-16-17-20(23)21-18-19-22(27-21)28(24,25)26/h18-19H,2-17H2,1H3,(H,24,25,26). The highest BCUT2D eigenvalue weighted by atomic mass is 32.2. The minimum absolute atomic E-state index is 0.00186. The largest absolute Gasteiger partial charge is 0.439 e. The van der Waals surface area contributed by atoms with E-state index in [1.165, 1.54) is 83.1 Å². The lowest BCUT2D eigenvalue weighted by atomic mass is 10.0. The zero-order valence-corrected chi connectivity index (χ0v) is 18.3. The lowest BCUT2D eigenvalue weighted by Gasteiger charge is -2.03. The van der Waals surface area contributed by atoms with Gasteiger partial charge in [-0.2, -0.15) is 8.42 Å². The first kappa shape index (κ1) is 24.9. The highest BCUT2D eigenvalue weighted by Gasteiger charge is 2.18. The summed E-state index contributed by atoms with van der Waals surface area (Å²) in [6.45, 7) is 2.25. The van der Waals surface area contributed by atoms with E-state index >= 15 is 0 Å². The lowest BCUT2D eigenvalue weighted by Crippen LogP contribution is -1.98. The van der Waals surface area contributed by atoms with Gasteiger partial charge in [-0.3, -0.25) is 9.35 Å². The number of ketones is 1. The van der Waals surface area contributed by atoms with Crippen LogP contribution in [-0.2, 0) is 10.1 Å². The molecule has 1 N–H and O–H groups in total. The average molecular weight is 415 g/mol. The highest BCUT2D eigenvalue weighted by Crippen LogP contribution is 2.17. The second-order valence-corrected chi connectivity index (χ2v) is 9.07. The molecule has 0 spiro atoms. The number of carbonyl (C=O) groups excluding carboxylic acids is 1. The summed E-state index contributed by atoms with van der Waals surface area (Å²) in [5.74, 6) is -0.220. The maximum atomic E-state index is 11.9. The number of rotatable bonds is 18. The molecule has 0 aliphatic rings. The molecule has 0 bridgehead atoms. The number of hydrogen-bond acceptors (Lipinski definition) is 4. The van der Waals surface area contributed by atoms with Crippen LogP contribution in [0, 0.1) is 0 Å². The van der Waals surface area contributed by atoms with Gasteiger partial charge in [-0.25, -0.2) is 0 Å². The summed E-state index contributed by atoms with van der Waals surface area (Å²) in [4.78, 5) is 11.9. The van der Waals surface area contributed by atoms with Crippen molar-refractivity contribution in [3.05, 3.63) is 17.9 Å². The van der Waals surface area contributed by atoms with Gasteiger partial charge in [-0.15, -0.1) is 0 Å². The first-order valence-corrected chi connectivity index (χ1v) is 12.5. The zero-order chi connectivity index (χ0) is 20.7. The summed E-state index contributed by atoms with van der Waals surface area (Å²) in [6.07, 6.45) is 19.4. The topological polar surface area (TPSA) is 84.6 Å². The molecule has 1 aromatic rings.